The Morgan fingerprint density at radius 3 is 2.85 bits per heavy atom. The molecule has 0 fully saturated rings. The molecule has 4 heteroatoms. The smallest absolute Gasteiger partial charge is 0.349 e. The van der Waals surface area contributed by atoms with Crippen molar-refractivity contribution in [2.45, 2.75) is 20.3 Å². The number of rotatable bonds is 3. The van der Waals surface area contributed by atoms with Crippen molar-refractivity contribution in [3.63, 3.8) is 0 Å². The van der Waals surface area contributed by atoms with Crippen LogP contribution < -0.4 is 0 Å². The highest BCUT2D eigenvalue weighted by molar-refractivity contribution is 7.12. The molecular formula is C9H11ClO2S. The van der Waals surface area contributed by atoms with Crippen LogP contribution in [0.5, 0.6) is 0 Å². The highest BCUT2D eigenvalue weighted by atomic mass is 35.5. The summed E-state index contributed by atoms with van der Waals surface area (Å²) in [6, 6.07) is 0. The van der Waals surface area contributed by atoms with Crippen LogP contribution in [0, 0.1) is 6.92 Å². The molecule has 13 heavy (non-hydrogen) atoms. The Hall–Kier alpha value is -0.540. The molecule has 0 aromatic carbocycles. The summed E-state index contributed by atoms with van der Waals surface area (Å²) < 4.78 is 4.96. The van der Waals surface area contributed by atoms with E-state index in [0.29, 0.717) is 16.5 Å². The van der Waals surface area contributed by atoms with Crippen LogP contribution in [0.25, 0.3) is 0 Å². The van der Waals surface area contributed by atoms with Crippen LogP contribution in [0.3, 0.4) is 0 Å². The lowest BCUT2D eigenvalue weighted by Crippen LogP contribution is -2.04. The fourth-order valence-electron chi connectivity index (χ4n) is 0.828. The average molecular weight is 219 g/mol. The summed E-state index contributed by atoms with van der Waals surface area (Å²) in [4.78, 5) is 11.8. The molecule has 0 saturated carbocycles. The van der Waals surface area contributed by atoms with Crippen LogP contribution in [-0.2, 0) is 4.74 Å². The Morgan fingerprint density at radius 1 is 1.69 bits per heavy atom. The van der Waals surface area contributed by atoms with Crippen LogP contribution >= 0.6 is 22.9 Å². The molecule has 0 atom stereocenters. The molecule has 0 amide bonds. The number of halogens is 1. The highest BCUT2D eigenvalue weighted by Crippen LogP contribution is 2.27. The van der Waals surface area contributed by atoms with Gasteiger partial charge < -0.3 is 4.74 Å². The van der Waals surface area contributed by atoms with Crippen LogP contribution in [0.15, 0.2) is 5.38 Å². The molecule has 0 radical (unpaired) electrons. The lowest BCUT2D eigenvalue weighted by atomic mass is 10.3. The van der Waals surface area contributed by atoms with Crippen molar-refractivity contribution in [3.8, 4) is 0 Å². The number of aryl methyl sites for hydroxylation is 1. The van der Waals surface area contributed by atoms with Crippen molar-refractivity contribution in [2.75, 3.05) is 6.61 Å². The van der Waals surface area contributed by atoms with E-state index in [9.17, 15) is 4.79 Å². The molecule has 1 aromatic heterocycles. The first-order chi connectivity index (χ1) is 6.16. The molecular weight excluding hydrogens is 208 g/mol. The number of carbonyl (C=O) groups is 1. The predicted octanol–water partition coefficient (Wildman–Crippen LogP) is 3.28. The summed E-state index contributed by atoms with van der Waals surface area (Å²) in [5.41, 5.74) is 0.926. The van der Waals surface area contributed by atoms with E-state index < -0.39 is 0 Å². The van der Waals surface area contributed by atoms with Gasteiger partial charge in [0, 0.05) is 0 Å². The largest absolute Gasteiger partial charge is 0.461 e. The van der Waals surface area contributed by atoms with Gasteiger partial charge in [0.25, 0.3) is 0 Å². The van der Waals surface area contributed by atoms with E-state index in [4.69, 9.17) is 16.3 Å². The minimum Gasteiger partial charge on any atom is -0.461 e. The summed E-state index contributed by atoms with van der Waals surface area (Å²) in [7, 11) is 0. The van der Waals surface area contributed by atoms with E-state index in [1.54, 1.807) is 0 Å². The third kappa shape index (κ3) is 2.45. The second-order valence-electron chi connectivity index (χ2n) is 2.70. The molecule has 0 N–H and O–H groups in total. The van der Waals surface area contributed by atoms with Gasteiger partial charge in [-0.15, -0.1) is 11.3 Å². The molecule has 1 aromatic rings. The highest BCUT2D eigenvalue weighted by Gasteiger charge is 2.15. The molecule has 2 nitrogen and oxygen atoms in total. The van der Waals surface area contributed by atoms with Crippen LogP contribution in [0.4, 0.5) is 0 Å². The summed E-state index contributed by atoms with van der Waals surface area (Å²) in [5, 5.41) is 2.37. The number of thiophene rings is 1. The Labute approximate surface area is 86.5 Å². The quantitative estimate of drug-likeness (QED) is 0.728. The molecule has 0 saturated heterocycles. The Bertz CT molecular complexity index is 307. The maximum atomic E-state index is 11.3. The first kappa shape index (κ1) is 10.5. The van der Waals surface area contributed by atoms with Crippen molar-refractivity contribution in [3.05, 3.63) is 20.8 Å². The monoisotopic (exact) mass is 218 g/mol. The van der Waals surface area contributed by atoms with E-state index in [2.05, 4.69) is 0 Å². The standard InChI is InChI=1S/C9H11ClO2S/c1-3-4-12-9(11)8-7(10)6(2)5-13-8/h5H,3-4H2,1-2H3. The fraction of sp³-hybridized carbons (Fsp3) is 0.444. The van der Waals surface area contributed by atoms with E-state index in [1.807, 2.05) is 19.2 Å². The lowest BCUT2D eigenvalue weighted by molar-refractivity contribution is 0.0511. The molecule has 1 heterocycles. The average Bonchev–Trinajstić information content (AvgIpc) is 2.44. The van der Waals surface area contributed by atoms with E-state index in [0.717, 1.165) is 12.0 Å². The maximum absolute atomic E-state index is 11.3. The normalized spacial score (nSPS) is 10.1. The third-order valence-electron chi connectivity index (χ3n) is 1.52. The van der Waals surface area contributed by atoms with E-state index in [-0.39, 0.29) is 5.97 Å². The molecule has 0 aliphatic carbocycles. The summed E-state index contributed by atoms with van der Waals surface area (Å²) >= 11 is 7.22. The lowest BCUT2D eigenvalue weighted by Gasteiger charge is -2.00. The summed E-state index contributed by atoms with van der Waals surface area (Å²) in [6.07, 6.45) is 0.827. The molecule has 0 bridgehead atoms. The molecule has 72 valence electrons. The zero-order chi connectivity index (χ0) is 9.84. The van der Waals surface area contributed by atoms with Crippen molar-refractivity contribution < 1.29 is 9.53 Å². The van der Waals surface area contributed by atoms with Crippen molar-refractivity contribution in [1.29, 1.82) is 0 Å². The second kappa shape index (κ2) is 4.63. The number of ether oxygens (including phenoxy) is 1. The first-order valence-corrected chi connectivity index (χ1v) is 5.33. The van der Waals surface area contributed by atoms with Gasteiger partial charge in [0.15, 0.2) is 0 Å². The molecule has 1 rings (SSSR count). The van der Waals surface area contributed by atoms with Crippen molar-refractivity contribution in [2.24, 2.45) is 0 Å². The zero-order valence-electron chi connectivity index (χ0n) is 7.59. The van der Waals surface area contributed by atoms with Gasteiger partial charge in [-0.3, -0.25) is 0 Å². The maximum Gasteiger partial charge on any atom is 0.349 e. The predicted molar refractivity (Wildman–Crippen MR) is 54.6 cm³/mol. The van der Waals surface area contributed by atoms with Crippen LogP contribution in [0.1, 0.15) is 28.6 Å². The Kier molecular flexibility index (Phi) is 3.75. The van der Waals surface area contributed by atoms with Crippen LogP contribution in [0.2, 0.25) is 5.02 Å². The zero-order valence-corrected chi connectivity index (χ0v) is 9.17. The third-order valence-corrected chi connectivity index (χ3v) is 3.20. The van der Waals surface area contributed by atoms with Gasteiger partial charge in [-0.05, 0) is 24.3 Å². The fourth-order valence-corrected chi connectivity index (χ4v) is 1.99. The minimum absolute atomic E-state index is 0.315. The van der Waals surface area contributed by atoms with Crippen molar-refractivity contribution in [1.82, 2.24) is 0 Å². The Balaban J connectivity index is 2.71. The first-order valence-electron chi connectivity index (χ1n) is 4.07. The molecule has 0 spiro atoms. The number of hydrogen-bond acceptors (Lipinski definition) is 3. The van der Waals surface area contributed by atoms with Crippen molar-refractivity contribution >= 4 is 28.9 Å². The van der Waals surface area contributed by atoms with Gasteiger partial charge in [-0.1, -0.05) is 18.5 Å². The van der Waals surface area contributed by atoms with Gasteiger partial charge >= 0.3 is 5.97 Å². The van der Waals surface area contributed by atoms with Gasteiger partial charge in [-0.25, -0.2) is 4.79 Å². The molecule has 0 aliphatic rings. The topological polar surface area (TPSA) is 26.3 Å². The van der Waals surface area contributed by atoms with E-state index in [1.165, 1.54) is 11.3 Å². The Morgan fingerprint density at radius 2 is 2.38 bits per heavy atom. The van der Waals surface area contributed by atoms with Gasteiger partial charge in [0.1, 0.15) is 4.88 Å². The van der Waals surface area contributed by atoms with Gasteiger partial charge in [0.2, 0.25) is 0 Å². The van der Waals surface area contributed by atoms with Crippen LogP contribution in [-0.4, -0.2) is 12.6 Å². The molecule has 0 unspecified atom stereocenters. The van der Waals surface area contributed by atoms with Gasteiger partial charge in [0.05, 0.1) is 11.6 Å². The summed E-state index contributed by atoms with van der Waals surface area (Å²) in [5.74, 6) is -0.315. The number of esters is 1. The second-order valence-corrected chi connectivity index (χ2v) is 3.96. The van der Waals surface area contributed by atoms with Gasteiger partial charge in [-0.2, -0.15) is 0 Å². The summed E-state index contributed by atoms with van der Waals surface area (Å²) in [6.45, 7) is 4.27. The molecule has 0 aliphatic heterocycles. The van der Waals surface area contributed by atoms with E-state index >= 15 is 0 Å². The SMILES string of the molecule is CCCOC(=O)c1scc(C)c1Cl. The number of hydrogen-bond donors (Lipinski definition) is 0. The minimum atomic E-state index is -0.315. The number of carbonyl (C=O) groups excluding carboxylic acids is 1.